The summed E-state index contributed by atoms with van der Waals surface area (Å²) in [6.07, 6.45) is 0. The predicted octanol–water partition coefficient (Wildman–Crippen LogP) is 4.81. The van der Waals surface area contributed by atoms with E-state index in [4.69, 9.17) is 5.41 Å². The molecule has 0 fully saturated rings. The number of aliphatic imine (C=N–C) groups is 4. The largest absolute Gasteiger partial charge is 0.377 e. The van der Waals surface area contributed by atoms with Gasteiger partial charge >= 0.3 is 0 Å². The van der Waals surface area contributed by atoms with Crippen LogP contribution in [0.4, 0.5) is 0 Å². The molecule has 0 atom stereocenters. The van der Waals surface area contributed by atoms with Crippen LogP contribution >= 0.6 is 0 Å². The van der Waals surface area contributed by atoms with E-state index in [1.165, 1.54) is 0 Å². The highest BCUT2D eigenvalue weighted by atomic mass is 15.0. The number of amidine groups is 3. The standard InChI is InChI=1S/C8H16N2.3C6H14N2/c1-6(2)8(4)10-5-7(3)9;3*1-5(2)6(7-3)8-4/h6,9H,5H2,1-4H3;3*5H,1-4H3,(H,7,8). The van der Waals surface area contributed by atoms with Gasteiger partial charge in [-0.05, 0) is 19.8 Å². The van der Waals surface area contributed by atoms with Gasteiger partial charge in [-0.2, -0.15) is 0 Å². The van der Waals surface area contributed by atoms with Crippen LogP contribution in [-0.2, 0) is 0 Å². The lowest BCUT2D eigenvalue weighted by molar-refractivity contribution is 0.834. The van der Waals surface area contributed by atoms with Crippen molar-refractivity contribution in [2.24, 2.45) is 43.6 Å². The maximum absolute atomic E-state index is 7.12. The fourth-order valence-electron chi connectivity index (χ4n) is 2.40. The second-order valence-corrected chi connectivity index (χ2v) is 8.93. The summed E-state index contributed by atoms with van der Waals surface area (Å²) >= 11 is 0. The Balaban J connectivity index is -0.000000177. The van der Waals surface area contributed by atoms with Gasteiger partial charge in [0.15, 0.2) is 0 Å². The van der Waals surface area contributed by atoms with Crippen molar-refractivity contribution < 1.29 is 0 Å². The molecule has 0 spiro atoms. The monoisotopic (exact) mass is 482 g/mol. The molecular weight excluding hydrogens is 424 g/mol. The SMILES string of the molecule is CC(=N)CN=C(C)C(C)C.CN=C(NC)C(C)C.CN=C(NC)C(C)C.CN=C(NC)C(C)C. The minimum absolute atomic E-state index is 0.513. The first-order valence-corrected chi connectivity index (χ1v) is 12.2. The molecule has 8 heteroatoms. The van der Waals surface area contributed by atoms with Gasteiger partial charge in [-0.15, -0.1) is 0 Å². The van der Waals surface area contributed by atoms with Gasteiger partial charge in [-0.25, -0.2) is 0 Å². The summed E-state index contributed by atoms with van der Waals surface area (Å²) in [6, 6.07) is 0. The third-order valence-corrected chi connectivity index (χ3v) is 4.53. The highest BCUT2D eigenvalue weighted by molar-refractivity contribution is 5.88. The lowest BCUT2D eigenvalue weighted by Crippen LogP contribution is -2.23. The maximum atomic E-state index is 7.12. The molecule has 0 saturated carbocycles. The van der Waals surface area contributed by atoms with Gasteiger partial charge in [0.25, 0.3) is 0 Å². The topological polar surface area (TPSA) is 109 Å². The molecule has 8 nitrogen and oxygen atoms in total. The summed E-state index contributed by atoms with van der Waals surface area (Å²) in [6.45, 7) is 21.2. The Kier molecular flexibility index (Phi) is 29.1. The molecule has 0 bridgehead atoms. The fourth-order valence-corrected chi connectivity index (χ4v) is 2.40. The van der Waals surface area contributed by atoms with E-state index >= 15 is 0 Å². The van der Waals surface area contributed by atoms with Gasteiger partial charge in [0.2, 0.25) is 0 Å². The van der Waals surface area contributed by atoms with Crippen LogP contribution in [0, 0.1) is 29.1 Å². The Morgan fingerprint density at radius 2 is 0.853 bits per heavy atom. The van der Waals surface area contributed by atoms with Gasteiger partial charge in [0, 0.05) is 71.5 Å². The second kappa shape index (κ2) is 25.4. The Morgan fingerprint density at radius 1 is 0.588 bits per heavy atom. The smallest absolute Gasteiger partial charge is 0.0982 e. The van der Waals surface area contributed by atoms with E-state index in [0.717, 1.165) is 23.2 Å². The molecular formula is C26H58N8. The number of hydrogen-bond donors (Lipinski definition) is 4. The highest BCUT2D eigenvalue weighted by Gasteiger charge is 1.99. The third kappa shape index (κ3) is 26.0. The molecule has 0 aliphatic carbocycles. The van der Waals surface area contributed by atoms with Gasteiger partial charge < -0.3 is 21.4 Å². The molecule has 0 aromatic carbocycles. The van der Waals surface area contributed by atoms with E-state index in [1.807, 2.05) is 28.1 Å². The predicted molar refractivity (Wildman–Crippen MR) is 158 cm³/mol. The van der Waals surface area contributed by atoms with Crippen LogP contribution in [0.1, 0.15) is 69.2 Å². The zero-order valence-corrected chi connectivity index (χ0v) is 25.3. The Hall–Kier alpha value is -2.25. The molecule has 0 aliphatic heterocycles. The quantitative estimate of drug-likeness (QED) is 0.322. The maximum Gasteiger partial charge on any atom is 0.0982 e. The average molecular weight is 483 g/mol. The van der Waals surface area contributed by atoms with Gasteiger partial charge in [0.1, 0.15) is 0 Å². The minimum Gasteiger partial charge on any atom is -0.377 e. The fraction of sp³-hybridized carbons (Fsp3) is 0.808. The number of nitrogens with one attached hydrogen (secondary N) is 4. The summed E-state index contributed by atoms with van der Waals surface area (Å²) in [4.78, 5) is 16.2. The summed E-state index contributed by atoms with van der Waals surface area (Å²) in [5.74, 6) is 5.25. The summed E-state index contributed by atoms with van der Waals surface area (Å²) in [7, 11) is 11.1. The van der Waals surface area contributed by atoms with E-state index in [0.29, 0.717) is 35.9 Å². The average Bonchev–Trinajstić information content (AvgIpc) is 2.75. The van der Waals surface area contributed by atoms with Crippen molar-refractivity contribution in [3.63, 3.8) is 0 Å². The van der Waals surface area contributed by atoms with Crippen LogP contribution in [-0.4, -0.2) is 77.8 Å². The molecule has 34 heavy (non-hydrogen) atoms. The normalized spacial score (nSPS) is 12.4. The summed E-state index contributed by atoms with van der Waals surface area (Å²) in [5.41, 5.74) is 1.76. The molecule has 0 amide bonds. The lowest BCUT2D eigenvalue weighted by atomic mass is 10.1. The Morgan fingerprint density at radius 3 is 0.941 bits per heavy atom. The van der Waals surface area contributed by atoms with Crippen molar-refractivity contribution in [2.75, 3.05) is 48.8 Å². The van der Waals surface area contributed by atoms with Gasteiger partial charge in [-0.3, -0.25) is 20.0 Å². The van der Waals surface area contributed by atoms with Crippen LogP contribution in [0.2, 0.25) is 0 Å². The molecule has 0 unspecified atom stereocenters. The first-order chi connectivity index (χ1) is 15.7. The molecule has 0 radical (unpaired) electrons. The van der Waals surface area contributed by atoms with Crippen LogP contribution in [0.3, 0.4) is 0 Å². The van der Waals surface area contributed by atoms with Crippen molar-refractivity contribution in [1.29, 1.82) is 5.41 Å². The van der Waals surface area contributed by atoms with E-state index in [1.54, 1.807) is 28.1 Å². The van der Waals surface area contributed by atoms with Crippen molar-refractivity contribution in [2.45, 2.75) is 69.2 Å². The summed E-state index contributed by atoms with van der Waals surface area (Å²) in [5, 5.41) is 16.1. The molecule has 0 aromatic heterocycles. The van der Waals surface area contributed by atoms with E-state index in [9.17, 15) is 0 Å². The molecule has 0 saturated heterocycles. The first-order valence-electron chi connectivity index (χ1n) is 12.2. The molecule has 0 aliphatic rings. The molecule has 202 valence electrons. The van der Waals surface area contributed by atoms with Crippen LogP contribution in [0.5, 0.6) is 0 Å². The van der Waals surface area contributed by atoms with Gasteiger partial charge in [0.05, 0.1) is 24.1 Å². The third-order valence-electron chi connectivity index (χ3n) is 4.53. The van der Waals surface area contributed by atoms with E-state index < -0.39 is 0 Å². The zero-order valence-electron chi connectivity index (χ0n) is 25.3. The molecule has 0 aromatic rings. The van der Waals surface area contributed by atoms with Crippen LogP contribution in [0.25, 0.3) is 0 Å². The van der Waals surface area contributed by atoms with Crippen LogP contribution in [0.15, 0.2) is 20.0 Å². The number of nitrogens with zero attached hydrogens (tertiary/aromatic N) is 4. The van der Waals surface area contributed by atoms with Crippen molar-refractivity contribution in [3.05, 3.63) is 0 Å². The van der Waals surface area contributed by atoms with Crippen molar-refractivity contribution in [3.8, 4) is 0 Å². The van der Waals surface area contributed by atoms with E-state index in [-0.39, 0.29) is 0 Å². The Labute approximate surface area is 212 Å². The van der Waals surface area contributed by atoms with Crippen molar-refractivity contribution >= 4 is 28.9 Å². The molecule has 0 heterocycles. The zero-order chi connectivity index (χ0) is 27.9. The highest BCUT2D eigenvalue weighted by Crippen LogP contribution is 1.95. The first kappa shape index (κ1) is 39.0. The van der Waals surface area contributed by atoms with Crippen LogP contribution < -0.4 is 16.0 Å². The molecule has 0 rings (SSSR count). The summed E-state index contributed by atoms with van der Waals surface area (Å²) < 4.78 is 0. The Bertz CT molecular complexity index is 555. The number of hydrogen-bond acceptors (Lipinski definition) is 5. The van der Waals surface area contributed by atoms with Crippen molar-refractivity contribution in [1.82, 2.24) is 16.0 Å². The number of rotatable bonds is 6. The van der Waals surface area contributed by atoms with Gasteiger partial charge in [-0.1, -0.05) is 55.4 Å². The lowest BCUT2D eigenvalue weighted by Gasteiger charge is -2.06. The molecule has 4 N–H and O–H groups in total. The van der Waals surface area contributed by atoms with E-state index in [2.05, 4.69) is 91.3 Å². The second-order valence-electron chi connectivity index (χ2n) is 8.93. The minimum atomic E-state index is 0.513.